The van der Waals surface area contributed by atoms with E-state index in [0.29, 0.717) is 5.92 Å². The summed E-state index contributed by atoms with van der Waals surface area (Å²) in [5.74, 6) is 0.618. The summed E-state index contributed by atoms with van der Waals surface area (Å²) in [7, 11) is 0. The molecule has 0 saturated carbocycles. The van der Waals surface area contributed by atoms with Crippen LogP contribution in [-0.2, 0) is 6.42 Å². The van der Waals surface area contributed by atoms with Gasteiger partial charge in [-0.25, -0.2) is 0 Å². The van der Waals surface area contributed by atoms with E-state index in [1.54, 1.807) is 0 Å². The molecule has 0 aliphatic heterocycles. The third-order valence-corrected chi connectivity index (χ3v) is 3.42. The molecule has 0 saturated heterocycles. The second-order valence-electron chi connectivity index (χ2n) is 6.14. The maximum Gasteiger partial charge on any atom is -0.00852 e. The molecule has 1 aliphatic rings. The molecule has 0 radical (unpaired) electrons. The minimum atomic E-state index is 0.265. The Hall–Kier alpha value is -1.04. The summed E-state index contributed by atoms with van der Waals surface area (Å²) in [6.45, 7) is 11.4. The zero-order chi connectivity index (χ0) is 11.9. The van der Waals surface area contributed by atoms with Crippen molar-refractivity contribution in [1.29, 1.82) is 0 Å². The van der Waals surface area contributed by atoms with Crippen LogP contribution in [0.2, 0.25) is 0 Å². The predicted octanol–water partition coefficient (Wildman–Crippen LogP) is 4.80. The number of fused-ring (bicyclic) bond motifs is 1. The van der Waals surface area contributed by atoms with Crippen LogP contribution < -0.4 is 0 Å². The zero-order valence-electron chi connectivity index (χ0n) is 11.1. The van der Waals surface area contributed by atoms with E-state index in [2.05, 4.69) is 58.9 Å². The van der Waals surface area contributed by atoms with Crippen LogP contribution in [0.15, 0.2) is 24.3 Å². The Labute approximate surface area is 99.4 Å². The highest BCUT2D eigenvalue weighted by Gasteiger charge is 2.24. The summed E-state index contributed by atoms with van der Waals surface area (Å²) in [4.78, 5) is 0. The average Bonchev–Trinajstić information content (AvgIpc) is 2.58. The monoisotopic (exact) mass is 214 g/mol. The highest BCUT2D eigenvalue weighted by molar-refractivity contribution is 5.76. The van der Waals surface area contributed by atoms with Crippen LogP contribution in [0.25, 0.3) is 5.57 Å². The molecule has 2 rings (SSSR count). The van der Waals surface area contributed by atoms with Crippen LogP contribution in [0.5, 0.6) is 0 Å². The molecule has 0 aromatic heterocycles. The van der Waals surface area contributed by atoms with Crippen LogP contribution in [0.4, 0.5) is 0 Å². The second-order valence-corrected chi connectivity index (χ2v) is 6.14. The molecule has 0 N–H and O–H groups in total. The van der Waals surface area contributed by atoms with Crippen molar-refractivity contribution in [2.45, 2.75) is 47.0 Å². The SMILES string of the molecule is CC(C)c1ccc2c(c1)C(C(C)(C)C)=CC2. The first-order valence-corrected chi connectivity index (χ1v) is 6.23. The third-order valence-electron chi connectivity index (χ3n) is 3.42. The van der Waals surface area contributed by atoms with E-state index < -0.39 is 0 Å². The van der Waals surface area contributed by atoms with Crippen molar-refractivity contribution in [1.82, 2.24) is 0 Å². The largest absolute Gasteiger partial charge is 0.0758 e. The Morgan fingerprint density at radius 1 is 1.12 bits per heavy atom. The first-order valence-electron chi connectivity index (χ1n) is 6.23. The molecule has 16 heavy (non-hydrogen) atoms. The van der Waals surface area contributed by atoms with E-state index in [0.717, 1.165) is 6.42 Å². The van der Waals surface area contributed by atoms with Crippen LogP contribution in [0.1, 0.15) is 57.2 Å². The fraction of sp³-hybridized carbons (Fsp3) is 0.500. The first kappa shape index (κ1) is 11.4. The molecule has 1 aromatic carbocycles. The number of hydrogen-bond acceptors (Lipinski definition) is 0. The lowest BCUT2D eigenvalue weighted by Gasteiger charge is -2.22. The molecule has 1 aliphatic carbocycles. The maximum absolute atomic E-state index is 2.40. The molecule has 0 atom stereocenters. The Morgan fingerprint density at radius 2 is 1.81 bits per heavy atom. The summed E-state index contributed by atoms with van der Waals surface area (Å²) in [6.07, 6.45) is 3.51. The quantitative estimate of drug-likeness (QED) is 0.630. The van der Waals surface area contributed by atoms with E-state index >= 15 is 0 Å². The summed E-state index contributed by atoms with van der Waals surface area (Å²) in [6, 6.07) is 6.98. The first-order chi connectivity index (χ1) is 7.39. The molecule has 0 nitrogen and oxygen atoms in total. The topological polar surface area (TPSA) is 0 Å². The Balaban J connectivity index is 2.47. The van der Waals surface area contributed by atoms with Gasteiger partial charge < -0.3 is 0 Å². The standard InChI is InChI=1S/C16H22/c1-11(2)13-7-6-12-8-9-15(14(12)10-13)16(3,4)5/h6-7,9-11H,8H2,1-5H3. The fourth-order valence-electron chi connectivity index (χ4n) is 2.41. The number of hydrogen-bond donors (Lipinski definition) is 0. The van der Waals surface area contributed by atoms with Gasteiger partial charge in [-0.15, -0.1) is 0 Å². The second kappa shape index (κ2) is 3.76. The lowest BCUT2D eigenvalue weighted by atomic mass is 9.82. The van der Waals surface area contributed by atoms with Crippen LogP contribution in [-0.4, -0.2) is 0 Å². The number of allylic oxidation sites excluding steroid dienone is 2. The maximum atomic E-state index is 2.40. The van der Waals surface area contributed by atoms with Gasteiger partial charge in [-0.2, -0.15) is 0 Å². The van der Waals surface area contributed by atoms with Crippen molar-refractivity contribution in [2.24, 2.45) is 5.41 Å². The smallest absolute Gasteiger partial charge is 0.00852 e. The van der Waals surface area contributed by atoms with Crippen molar-refractivity contribution in [3.05, 3.63) is 41.0 Å². The van der Waals surface area contributed by atoms with Gasteiger partial charge in [-0.05, 0) is 40.0 Å². The lowest BCUT2D eigenvalue weighted by Crippen LogP contribution is -2.07. The summed E-state index contributed by atoms with van der Waals surface area (Å²) in [5.41, 5.74) is 6.22. The molecule has 0 unspecified atom stereocenters. The summed E-state index contributed by atoms with van der Waals surface area (Å²) < 4.78 is 0. The van der Waals surface area contributed by atoms with Crippen molar-refractivity contribution < 1.29 is 0 Å². The molecule has 0 heterocycles. The van der Waals surface area contributed by atoms with Gasteiger partial charge >= 0.3 is 0 Å². The van der Waals surface area contributed by atoms with E-state index in [9.17, 15) is 0 Å². The molecule has 0 spiro atoms. The van der Waals surface area contributed by atoms with Gasteiger partial charge in [0, 0.05) is 0 Å². The van der Waals surface area contributed by atoms with E-state index in [4.69, 9.17) is 0 Å². The zero-order valence-corrected chi connectivity index (χ0v) is 11.1. The highest BCUT2D eigenvalue weighted by atomic mass is 14.3. The lowest BCUT2D eigenvalue weighted by molar-refractivity contribution is 0.567. The summed E-state index contributed by atoms with van der Waals surface area (Å²) >= 11 is 0. The van der Waals surface area contributed by atoms with Gasteiger partial charge in [0.25, 0.3) is 0 Å². The van der Waals surface area contributed by atoms with Crippen LogP contribution in [0.3, 0.4) is 0 Å². The normalized spacial score (nSPS) is 15.2. The van der Waals surface area contributed by atoms with Crippen molar-refractivity contribution in [3.63, 3.8) is 0 Å². The molecule has 0 fully saturated rings. The molecule has 0 amide bonds. The molecule has 86 valence electrons. The van der Waals surface area contributed by atoms with Gasteiger partial charge in [0.2, 0.25) is 0 Å². The highest BCUT2D eigenvalue weighted by Crippen LogP contribution is 2.40. The van der Waals surface area contributed by atoms with Gasteiger partial charge in [-0.1, -0.05) is 58.9 Å². The van der Waals surface area contributed by atoms with Crippen molar-refractivity contribution >= 4 is 5.57 Å². The van der Waals surface area contributed by atoms with Gasteiger partial charge in [0.1, 0.15) is 0 Å². The van der Waals surface area contributed by atoms with Gasteiger partial charge in [0.05, 0.1) is 0 Å². The minimum absolute atomic E-state index is 0.265. The minimum Gasteiger partial charge on any atom is -0.0758 e. The Bertz CT molecular complexity index is 428. The average molecular weight is 214 g/mol. The van der Waals surface area contributed by atoms with Gasteiger partial charge in [0.15, 0.2) is 0 Å². The van der Waals surface area contributed by atoms with Gasteiger partial charge in [-0.3, -0.25) is 0 Å². The molecular formula is C16H22. The van der Waals surface area contributed by atoms with Crippen LogP contribution >= 0.6 is 0 Å². The van der Waals surface area contributed by atoms with E-state index in [1.165, 1.54) is 22.3 Å². The van der Waals surface area contributed by atoms with E-state index in [-0.39, 0.29) is 5.41 Å². The fourth-order valence-corrected chi connectivity index (χ4v) is 2.41. The van der Waals surface area contributed by atoms with Crippen molar-refractivity contribution in [3.8, 4) is 0 Å². The van der Waals surface area contributed by atoms with Crippen LogP contribution in [0, 0.1) is 5.41 Å². The Kier molecular flexibility index (Phi) is 2.69. The molecule has 0 bridgehead atoms. The third kappa shape index (κ3) is 1.93. The molecular weight excluding hydrogens is 192 g/mol. The number of benzene rings is 1. The number of rotatable bonds is 1. The summed E-state index contributed by atoms with van der Waals surface area (Å²) in [5, 5.41) is 0. The predicted molar refractivity (Wildman–Crippen MR) is 71.7 cm³/mol. The molecule has 0 heteroatoms. The van der Waals surface area contributed by atoms with E-state index in [1.807, 2.05) is 0 Å². The molecule has 1 aromatic rings. The van der Waals surface area contributed by atoms with Crippen molar-refractivity contribution in [2.75, 3.05) is 0 Å². The Morgan fingerprint density at radius 3 is 2.38 bits per heavy atom.